The zero-order chi connectivity index (χ0) is 19.6. The van der Waals surface area contributed by atoms with Crippen LogP contribution in [-0.4, -0.2) is 70.6 Å². The molecule has 1 unspecified atom stereocenters. The average molecular weight is 392 g/mol. The molecule has 2 aliphatic rings. The van der Waals surface area contributed by atoms with Crippen molar-refractivity contribution in [3.05, 3.63) is 23.8 Å². The molecule has 0 saturated carbocycles. The number of nitrogens with zero attached hydrogens (tertiary/aromatic N) is 2. The Morgan fingerprint density at radius 1 is 1.25 bits per heavy atom. The van der Waals surface area contributed by atoms with Crippen molar-refractivity contribution in [1.29, 1.82) is 0 Å². The Morgan fingerprint density at radius 3 is 2.93 bits per heavy atom. The van der Waals surface area contributed by atoms with Gasteiger partial charge < -0.3 is 29.2 Å². The lowest BCUT2D eigenvalue weighted by molar-refractivity contribution is 0.0536. The zero-order valence-corrected chi connectivity index (χ0v) is 17.1. The number of rotatable bonds is 8. The summed E-state index contributed by atoms with van der Waals surface area (Å²) in [6, 6.07) is 6.10. The highest BCUT2D eigenvalue weighted by Crippen LogP contribution is 2.30. The summed E-state index contributed by atoms with van der Waals surface area (Å²) in [6.45, 7) is 9.04. The van der Waals surface area contributed by atoms with E-state index in [9.17, 15) is 0 Å². The molecule has 0 bridgehead atoms. The maximum atomic E-state index is 5.79. The van der Waals surface area contributed by atoms with Gasteiger partial charge in [-0.05, 0) is 31.0 Å². The minimum Gasteiger partial charge on any atom is -0.490 e. The molecule has 156 valence electrons. The van der Waals surface area contributed by atoms with Gasteiger partial charge in [0.15, 0.2) is 17.5 Å². The molecule has 28 heavy (non-hydrogen) atoms. The Morgan fingerprint density at radius 2 is 2.11 bits per heavy atom. The van der Waals surface area contributed by atoms with Gasteiger partial charge in [-0.25, -0.2) is 4.99 Å². The van der Waals surface area contributed by atoms with Crippen LogP contribution in [0.3, 0.4) is 0 Å². The van der Waals surface area contributed by atoms with Crippen molar-refractivity contribution in [3.63, 3.8) is 0 Å². The van der Waals surface area contributed by atoms with E-state index in [0.717, 1.165) is 62.1 Å². The second-order valence-electron chi connectivity index (χ2n) is 7.17. The molecule has 3 rings (SSSR count). The number of hydrogen-bond donors (Lipinski definition) is 1. The van der Waals surface area contributed by atoms with Crippen LogP contribution >= 0.6 is 0 Å². The van der Waals surface area contributed by atoms with Gasteiger partial charge in [-0.2, -0.15) is 0 Å². The SMILES string of the molecule is CCNC(=NCc1ccc2c(c1)OCCCO2)N1CCC(COCCOC)C1. The fourth-order valence-corrected chi connectivity index (χ4v) is 3.45. The highest BCUT2D eigenvalue weighted by molar-refractivity contribution is 5.80. The lowest BCUT2D eigenvalue weighted by Crippen LogP contribution is -2.40. The Kier molecular flexibility index (Phi) is 8.23. The van der Waals surface area contributed by atoms with E-state index in [-0.39, 0.29) is 0 Å². The third-order valence-corrected chi connectivity index (χ3v) is 4.93. The molecule has 1 atom stereocenters. The topological polar surface area (TPSA) is 64.6 Å². The monoisotopic (exact) mass is 391 g/mol. The lowest BCUT2D eigenvalue weighted by Gasteiger charge is -2.22. The minimum atomic E-state index is 0.541. The Balaban J connectivity index is 1.56. The molecule has 1 fully saturated rings. The summed E-state index contributed by atoms with van der Waals surface area (Å²) < 4.78 is 22.2. The van der Waals surface area contributed by atoms with Crippen LogP contribution in [0.4, 0.5) is 0 Å². The zero-order valence-electron chi connectivity index (χ0n) is 17.1. The number of likely N-dealkylation sites (tertiary alicyclic amines) is 1. The van der Waals surface area contributed by atoms with Crippen LogP contribution in [0.25, 0.3) is 0 Å². The van der Waals surface area contributed by atoms with Crippen LogP contribution in [0.15, 0.2) is 23.2 Å². The molecule has 1 aromatic carbocycles. The maximum Gasteiger partial charge on any atom is 0.194 e. The molecule has 0 amide bonds. The van der Waals surface area contributed by atoms with Crippen molar-refractivity contribution in [3.8, 4) is 11.5 Å². The standard InChI is InChI=1S/C21H33N3O4/c1-3-22-21(24-8-7-18(15-24)16-26-12-11-25-2)23-14-17-5-6-19-20(13-17)28-10-4-9-27-19/h5-6,13,18H,3-4,7-12,14-16H2,1-2H3,(H,22,23). The molecule has 0 aliphatic carbocycles. The quantitative estimate of drug-likeness (QED) is 0.417. The van der Waals surface area contributed by atoms with E-state index in [2.05, 4.69) is 23.2 Å². The smallest absolute Gasteiger partial charge is 0.194 e. The summed E-state index contributed by atoms with van der Waals surface area (Å²) in [6.07, 6.45) is 2.04. The first-order valence-electron chi connectivity index (χ1n) is 10.3. The maximum absolute atomic E-state index is 5.79. The average Bonchev–Trinajstić information content (AvgIpc) is 3.05. The summed E-state index contributed by atoms with van der Waals surface area (Å²) in [5.41, 5.74) is 1.12. The van der Waals surface area contributed by atoms with Crippen molar-refractivity contribution >= 4 is 5.96 Å². The van der Waals surface area contributed by atoms with E-state index < -0.39 is 0 Å². The Hall–Kier alpha value is -1.99. The molecule has 1 saturated heterocycles. The summed E-state index contributed by atoms with van der Waals surface area (Å²) in [7, 11) is 1.70. The molecule has 7 heteroatoms. The molecule has 0 aromatic heterocycles. The van der Waals surface area contributed by atoms with Crippen molar-refractivity contribution < 1.29 is 18.9 Å². The van der Waals surface area contributed by atoms with Crippen LogP contribution in [0.2, 0.25) is 0 Å². The molecule has 7 nitrogen and oxygen atoms in total. The highest BCUT2D eigenvalue weighted by Gasteiger charge is 2.25. The van der Waals surface area contributed by atoms with Crippen molar-refractivity contribution in [1.82, 2.24) is 10.2 Å². The van der Waals surface area contributed by atoms with Gasteiger partial charge in [0.05, 0.1) is 39.6 Å². The number of guanidine groups is 1. The first-order valence-corrected chi connectivity index (χ1v) is 10.3. The molecule has 2 heterocycles. The van der Waals surface area contributed by atoms with E-state index in [4.69, 9.17) is 23.9 Å². The lowest BCUT2D eigenvalue weighted by atomic mass is 10.1. The predicted octanol–water partition coefficient (Wildman–Crippen LogP) is 2.30. The molecular formula is C21H33N3O4. The largest absolute Gasteiger partial charge is 0.490 e. The molecule has 1 aromatic rings. The van der Waals surface area contributed by atoms with Crippen LogP contribution < -0.4 is 14.8 Å². The van der Waals surface area contributed by atoms with Gasteiger partial charge >= 0.3 is 0 Å². The number of nitrogens with one attached hydrogen (secondary N) is 1. The van der Waals surface area contributed by atoms with Gasteiger partial charge in [-0.15, -0.1) is 0 Å². The fraction of sp³-hybridized carbons (Fsp3) is 0.667. The van der Waals surface area contributed by atoms with E-state index in [1.54, 1.807) is 7.11 Å². The van der Waals surface area contributed by atoms with Crippen molar-refractivity contribution in [2.45, 2.75) is 26.3 Å². The first kappa shape index (κ1) is 20.7. The van der Waals surface area contributed by atoms with Crippen LogP contribution in [0, 0.1) is 5.92 Å². The number of methoxy groups -OCH3 is 1. The number of ether oxygens (including phenoxy) is 4. The van der Waals surface area contributed by atoms with Crippen LogP contribution in [0.1, 0.15) is 25.3 Å². The molecular weight excluding hydrogens is 358 g/mol. The minimum absolute atomic E-state index is 0.541. The van der Waals surface area contributed by atoms with E-state index in [0.29, 0.717) is 38.9 Å². The van der Waals surface area contributed by atoms with Gasteiger partial charge in [-0.1, -0.05) is 6.07 Å². The highest BCUT2D eigenvalue weighted by atomic mass is 16.5. The van der Waals surface area contributed by atoms with E-state index in [1.165, 1.54) is 0 Å². The normalized spacial score (nSPS) is 19.6. The van der Waals surface area contributed by atoms with Gasteiger partial charge in [0.25, 0.3) is 0 Å². The summed E-state index contributed by atoms with van der Waals surface area (Å²) in [5.74, 6) is 3.16. The summed E-state index contributed by atoms with van der Waals surface area (Å²) in [5, 5.41) is 3.42. The molecule has 2 aliphatic heterocycles. The third-order valence-electron chi connectivity index (χ3n) is 4.93. The number of fused-ring (bicyclic) bond motifs is 1. The summed E-state index contributed by atoms with van der Waals surface area (Å²) in [4.78, 5) is 7.19. The van der Waals surface area contributed by atoms with Crippen LogP contribution in [0.5, 0.6) is 11.5 Å². The third kappa shape index (κ3) is 6.01. The van der Waals surface area contributed by atoms with E-state index >= 15 is 0 Å². The van der Waals surface area contributed by atoms with Crippen molar-refractivity contribution in [2.75, 3.05) is 59.8 Å². The second kappa shape index (κ2) is 11.1. The second-order valence-corrected chi connectivity index (χ2v) is 7.17. The Labute approximate surface area is 168 Å². The first-order chi connectivity index (χ1) is 13.8. The predicted molar refractivity (Wildman–Crippen MR) is 109 cm³/mol. The number of aliphatic imine (C=N–C) groups is 1. The van der Waals surface area contributed by atoms with Gasteiger partial charge in [0.2, 0.25) is 0 Å². The van der Waals surface area contributed by atoms with Crippen molar-refractivity contribution in [2.24, 2.45) is 10.9 Å². The number of benzene rings is 1. The van der Waals surface area contributed by atoms with Gasteiger partial charge in [0.1, 0.15) is 0 Å². The summed E-state index contributed by atoms with van der Waals surface area (Å²) >= 11 is 0. The fourth-order valence-electron chi connectivity index (χ4n) is 3.45. The Bertz CT molecular complexity index is 638. The molecule has 0 radical (unpaired) electrons. The van der Waals surface area contributed by atoms with E-state index in [1.807, 2.05) is 12.1 Å². The molecule has 1 N–H and O–H groups in total. The van der Waals surface area contributed by atoms with Gasteiger partial charge in [-0.3, -0.25) is 0 Å². The molecule has 0 spiro atoms. The van der Waals surface area contributed by atoms with Crippen LogP contribution in [-0.2, 0) is 16.0 Å². The number of hydrogen-bond acceptors (Lipinski definition) is 5. The van der Waals surface area contributed by atoms with Gasteiger partial charge in [0, 0.05) is 39.1 Å².